The van der Waals surface area contributed by atoms with Gasteiger partial charge in [-0.15, -0.1) is 11.3 Å². The Kier molecular flexibility index (Phi) is 5.13. The van der Waals surface area contributed by atoms with Crippen molar-refractivity contribution in [2.75, 3.05) is 11.9 Å². The molecule has 0 fully saturated rings. The van der Waals surface area contributed by atoms with Gasteiger partial charge in [-0.1, -0.05) is 41.4 Å². The van der Waals surface area contributed by atoms with Gasteiger partial charge in [-0.3, -0.25) is 10.1 Å². The molecule has 3 aromatic rings. The summed E-state index contributed by atoms with van der Waals surface area (Å²) in [4.78, 5) is 16.4. The fourth-order valence-corrected chi connectivity index (χ4v) is 2.88. The third-order valence-corrected chi connectivity index (χ3v) is 4.29. The highest BCUT2D eigenvalue weighted by Crippen LogP contribution is 2.26. The van der Waals surface area contributed by atoms with E-state index in [4.69, 9.17) is 16.3 Å². The number of carbonyl (C=O) groups excluding carboxylic acids is 1. The first-order valence-electron chi connectivity index (χ1n) is 7.31. The smallest absolute Gasteiger partial charge is 0.264 e. The Morgan fingerprint density at radius 1 is 1.17 bits per heavy atom. The number of benzene rings is 2. The molecule has 24 heavy (non-hydrogen) atoms. The lowest BCUT2D eigenvalue weighted by Crippen LogP contribution is -2.20. The van der Waals surface area contributed by atoms with Crippen molar-refractivity contribution in [3.63, 3.8) is 0 Å². The van der Waals surface area contributed by atoms with E-state index in [1.54, 1.807) is 0 Å². The van der Waals surface area contributed by atoms with Crippen LogP contribution >= 0.6 is 22.9 Å². The van der Waals surface area contributed by atoms with Gasteiger partial charge in [0.25, 0.3) is 5.91 Å². The molecule has 6 heteroatoms. The monoisotopic (exact) mass is 358 g/mol. The van der Waals surface area contributed by atoms with Crippen molar-refractivity contribution >= 4 is 34.0 Å². The molecule has 0 spiro atoms. The van der Waals surface area contributed by atoms with E-state index < -0.39 is 0 Å². The van der Waals surface area contributed by atoms with Crippen LogP contribution in [0.3, 0.4) is 0 Å². The molecule has 0 saturated carbocycles. The highest BCUT2D eigenvalue weighted by molar-refractivity contribution is 7.14. The fourth-order valence-electron chi connectivity index (χ4n) is 2.02. The largest absolute Gasteiger partial charge is 0.484 e. The molecule has 0 aliphatic carbocycles. The van der Waals surface area contributed by atoms with E-state index in [0.29, 0.717) is 15.9 Å². The number of hydrogen-bond acceptors (Lipinski definition) is 4. The molecule has 0 atom stereocenters. The zero-order valence-electron chi connectivity index (χ0n) is 13.0. The van der Waals surface area contributed by atoms with Crippen molar-refractivity contribution in [2.24, 2.45) is 0 Å². The van der Waals surface area contributed by atoms with Gasteiger partial charge in [0, 0.05) is 16.0 Å². The van der Waals surface area contributed by atoms with Crippen LogP contribution in [0.15, 0.2) is 53.9 Å². The standard InChI is InChI=1S/C18H15ClN2O2S/c1-12-2-8-15(9-3-12)23-10-17(22)21-18-20-16(11-24-18)13-4-6-14(19)7-5-13/h2-9,11H,10H2,1H3,(H,20,21,22). The third kappa shape index (κ3) is 4.34. The second-order valence-corrected chi connectivity index (χ2v) is 6.49. The van der Waals surface area contributed by atoms with Gasteiger partial charge in [0.2, 0.25) is 0 Å². The molecule has 3 rings (SSSR count). The molecule has 4 nitrogen and oxygen atoms in total. The Morgan fingerprint density at radius 3 is 2.58 bits per heavy atom. The highest BCUT2D eigenvalue weighted by Gasteiger charge is 2.09. The molecule has 1 amide bonds. The number of hydrogen-bond donors (Lipinski definition) is 1. The maximum absolute atomic E-state index is 12.0. The van der Waals surface area contributed by atoms with Gasteiger partial charge in [-0.25, -0.2) is 4.98 Å². The molecule has 0 bridgehead atoms. The molecule has 2 aromatic carbocycles. The molecule has 1 aromatic heterocycles. The number of carbonyl (C=O) groups is 1. The van der Waals surface area contributed by atoms with Crippen LogP contribution in [0.4, 0.5) is 5.13 Å². The normalized spacial score (nSPS) is 10.4. The summed E-state index contributed by atoms with van der Waals surface area (Å²) < 4.78 is 5.45. The maximum Gasteiger partial charge on any atom is 0.264 e. The Morgan fingerprint density at radius 2 is 1.88 bits per heavy atom. The molecule has 0 unspecified atom stereocenters. The number of ether oxygens (including phenoxy) is 1. The topological polar surface area (TPSA) is 51.2 Å². The summed E-state index contributed by atoms with van der Waals surface area (Å²) in [6.07, 6.45) is 0. The average Bonchev–Trinajstić information content (AvgIpc) is 3.03. The first kappa shape index (κ1) is 16.5. The molecule has 0 aliphatic rings. The van der Waals surface area contributed by atoms with Crippen molar-refractivity contribution in [3.05, 3.63) is 64.5 Å². The summed E-state index contributed by atoms with van der Waals surface area (Å²) in [6.45, 7) is 1.94. The predicted molar refractivity (Wildman–Crippen MR) is 97.9 cm³/mol. The van der Waals surface area contributed by atoms with Gasteiger partial charge >= 0.3 is 0 Å². The Labute approximate surface area is 149 Å². The quantitative estimate of drug-likeness (QED) is 0.713. The minimum Gasteiger partial charge on any atom is -0.484 e. The fraction of sp³-hybridized carbons (Fsp3) is 0.111. The number of aryl methyl sites for hydroxylation is 1. The average molecular weight is 359 g/mol. The second-order valence-electron chi connectivity index (χ2n) is 5.19. The van der Waals surface area contributed by atoms with Crippen LogP contribution in [0, 0.1) is 6.92 Å². The van der Waals surface area contributed by atoms with Crippen molar-refractivity contribution in [3.8, 4) is 17.0 Å². The van der Waals surface area contributed by atoms with Crippen LogP contribution in [0.1, 0.15) is 5.56 Å². The van der Waals surface area contributed by atoms with E-state index in [-0.39, 0.29) is 12.5 Å². The van der Waals surface area contributed by atoms with Crippen molar-refractivity contribution in [1.29, 1.82) is 0 Å². The number of thiazole rings is 1. The SMILES string of the molecule is Cc1ccc(OCC(=O)Nc2nc(-c3ccc(Cl)cc3)cs2)cc1. The molecular formula is C18H15ClN2O2S. The lowest BCUT2D eigenvalue weighted by Gasteiger charge is -2.06. The van der Waals surface area contributed by atoms with Crippen molar-refractivity contribution in [1.82, 2.24) is 4.98 Å². The maximum atomic E-state index is 12.0. The van der Waals surface area contributed by atoms with E-state index >= 15 is 0 Å². The van der Waals surface area contributed by atoms with Gasteiger partial charge in [0.15, 0.2) is 11.7 Å². The molecular weight excluding hydrogens is 344 g/mol. The second kappa shape index (κ2) is 7.47. The number of nitrogens with zero attached hydrogens (tertiary/aromatic N) is 1. The lowest BCUT2D eigenvalue weighted by atomic mass is 10.2. The van der Waals surface area contributed by atoms with Crippen molar-refractivity contribution in [2.45, 2.75) is 6.92 Å². The number of amides is 1. The summed E-state index contributed by atoms with van der Waals surface area (Å²) in [7, 11) is 0. The highest BCUT2D eigenvalue weighted by atomic mass is 35.5. The van der Waals surface area contributed by atoms with Gasteiger partial charge in [-0.2, -0.15) is 0 Å². The van der Waals surface area contributed by atoms with Gasteiger partial charge in [0.05, 0.1) is 5.69 Å². The zero-order chi connectivity index (χ0) is 16.9. The number of anilines is 1. The Balaban J connectivity index is 1.57. The van der Waals surface area contributed by atoms with Crippen LogP contribution in [-0.4, -0.2) is 17.5 Å². The summed E-state index contributed by atoms with van der Waals surface area (Å²) in [5.74, 6) is 0.421. The number of aromatic nitrogens is 1. The Bertz CT molecular complexity index is 829. The van der Waals surface area contributed by atoms with Crippen LogP contribution in [-0.2, 0) is 4.79 Å². The number of rotatable bonds is 5. The van der Waals surface area contributed by atoms with Crippen LogP contribution < -0.4 is 10.1 Å². The summed E-state index contributed by atoms with van der Waals surface area (Å²) >= 11 is 7.25. The van der Waals surface area contributed by atoms with E-state index in [9.17, 15) is 4.79 Å². The van der Waals surface area contributed by atoms with Gasteiger partial charge in [-0.05, 0) is 31.2 Å². The summed E-state index contributed by atoms with van der Waals surface area (Å²) in [5, 5.41) is 5.85. The minimum absolute atomic E-state index is 0.0566. The summed E-state index contributed by atoms with van der Waals surface area (Å²) in [6, 6.07) is 15.0. The number of halogens is 1. The molecule has 0 radical (unpaired) electrons. The zero-order valence-corrected chi connectivity index (χ0v) is 14.5. The third-order valence-electron chi connectivity index (χ3n) is 3.28. The van der Waals surface area contributed by atoms with E-state index in [0.717, 1.165) is 16.8 Å². The molecule has 1 N–H and O–H groups in total. The van der Waals surface area contributed by atoms with E-state index in [2.05, 4.69) is 10.3 Å². The van der Waals surface area contributed by atoms with Gasteiger partial charge < -0.3 is 4.74 Å². The minimum atomic E-state index is -0.243. The Hall–Kier alpha value is -2.37. The summed E-state index contributed by atoms with van der Waals surface area (Å²) in [5.41, 5.74) is 2.89. The van der Waals surface area contributed by atoms with Crippen molar-refractivity contribution < 1.29 is 9.53 Å². The van der Waals surface area contributed by atoms with Gasteiger partial charge in [0.1, 0.15) is 5.75 Å². The van der Waals surface area contributed by atoms with Crippen LogP contribution in [0.2, 0.25) is 5.02 Å². The lowest BCUT2D eigenvalue weighted by molar-refractivity contribution is -0.118. The molecule has 0 aliphatic heterocycles. The van der Waals surface area contributed by atoms with E-state index in [1.165, 1.54) is 11.3 Å². The van der Waals surface area contributed by atoms with Crippen LogP contribution in [0.25, 0.3) is 11.3 Å². The molecule has 0 saturated heterocycles. The number of nitrogens with one attached hydrogen (secondary N) is 1. The molecule has 1 heterocycles. The van der Waals surface area contributed by atoms with E-state index in [1.807, 2.05) is 60.8 Å². The first-order chi connectivity index (χ1) is 11.6. The van der Waals surface area contributed by atoms with Crippen LogP contribution in [0.5, 0.6) is 5.75 Å². The first-order valence-corrected chi connectivity index (χ1v) is 8.57. The predicted octanol–water partition coefficient (Wildman–Crippen LogP) is 4.79. The molecule has 122 valence electrons.